The van der Waals surface area contributed by atoms with Crippen molar-refractivity contribution >= 4 is 54.7 Å². The van der Waals surface area contributed by atoms with Crippen LogP contribution >= 0.6 is 22.9 Å². The van der Waals surface area contributed by atoms with E-state index in [-0.39, 0.29) is 98.0 Å². The minimum absolute atomic E-state index is 0.0247. The Morgan fingerprint density at radius 2 is 2.04 bits per heavy atom. The third kappa shape index (κ3) is 4.87. The van der Waals surface area contributed by atoms with E-state index < -0.39 is 36.3 Å². The average Bonchev–Trinajstić information content (AvgIpc) is 3.64. The van der Waals surface area contributed by atoms with E-state index in [0.29, 0.717) is 12.8 Å². The zero-order valence-electron chi connectivity index (χ0n) is 23.7. The maximum atomic E-state index is 16.9. The summed E-state index contributed by atoms with van der Waals surface area (Å²) in [6, 6.07) is 4.10. The van der Waals surface area contributed by atoms with Crippen LogP contribution in [-0.4, -0.2) is 72.4 Å². The Balaban J connectivity index is 1.46. The van der Waals surface area contributed by atoms with Crippen LogP contribution in [0.25, 0.3) is 32.1 Å². The molecule has 2 N–H and O–H groups in total. The van der Waals surface area contributed by atoms with Crippen LogP contribution in [0.1, 0.15) is 31.2 Å². The van der Waals surface area contributed by atoms with Crippen LogP contribution in [0.4, 0.5) is 32.8 Å². The molecule has 2 atom stereocenters. The van der Waals surface area contributed by atoms with E-state index in [0.717, 1.165) is 30.4 Å². The number of rotatable bonds is 6. The third-order valence-corrected chi connectivity index (χ3v) is 10.2. The number of alkyl halides is 3. The summed E-state index contributed by atoms with van der Waals surface area (Å²) in [4.78, 5) is 12.2. The highest BCUT2D eigenvalue weighted by Crippen LogP contribution is 2.50. The second-order valence-electron chi connectivity index (χ2n) is 11.5. The smallest absolute Gasteiger partial charge is 0.319 e. The molecule has 3 aliphatic rings. The average molecular weight is 665 g/mol. The Labute approximate surface area is 263 Å². The topological polar surface area (TPSA) is 101 Å². The number of halogens is 6. The molecule has 15 heteroatoms. The summed E-state index contributed by atoms with van der Waals surface area (Å²) in [5.74, 6) is -1.71. The number of nitrogens with zero attached hydrogens (tertiary/aromatic N) is 5. The van der Waals surface area contributed by atoms with Gasteiger partial charge >= 0.3 is 6.01 Å². The quantitative estimate of drug-likeness (QED) is 0.227. The molecular weight excluding hydrogens is 639 g/mol. The van der Waals surface area contributed by atoms with Crippen LogP contribution in [-0.2, 0) is 0 Å². The molecular formula is C30H26ClF5N6O2S. The molecule has 2 fully saturated rings. The van der Waals surface area contributed by atoms with Gasteiger partial charge in [0.25, 0.3) is 6.43 Å². The number of nitriles is 1. The summed E-state index contributed by atoms with van der Waals surface area (Å²) in [6.45, 7) is 0.513. The van der Waals surface area contributed by atoms with E-state index in [4.69, 9.17) is 26.8 Å². The number of fused-ring (bicyclic) bond motifs is 2. The zero-order valence-corrected chi connectivity index (χ0v) is 25.3. The van der Waals surface area contributed by atoms with Crippen LogP contribution in [0.2, 0.25) is 5.02 Å². The molecule has 0 spiro atoms. The molecule has 45 heavy (non-hydrogen) atoms. The van der Waals surface area contributed by atoms with Gasteiger partial charge in [-0.15, -0.1) is 11.3 Å². The molecule has 2 saturated heterocycles. The number of ether oxygens (including phenoxy) is 2. The Morgan fingerprint density at radius 3 is 2.82 bits per heavy atom. The molecule has 3 aliphatic heterocycles. The van der Waals surface area contributed by atoms with Gasteiger partial charge in [-0.05, 0) is 37.4 Å². The molecule has 2 aromatic heterocycles. The lowest BCUT2D eigenvalue weighted by atomic mass is 9.95. The van der Waals surface area contributed by atoms with Gasteiger partial charge in [-0.3, -0.25) is 4.90 Å². The highest BCUT2D eigenvalue weighted by atomic mass is 35.5. The van der Waals surface area contributed by atoms with Gasteiger partial charge in [-0.25, -0.2) is 22.0 Å². The Hall–Kier alpha value is -3.67. The van der Waals surface area contributed by atoms with Crippen LogP contribution in [0.3, 0.4) is 0 Å². The first-order chi connectivity index (χ1) is 21.6. The van der Waals surface area contributed by atoms with Gasteiger partial charge in [0, 0.05) is 30.5 Å². The number of anilines is 2. The van der Waals surface area contributed by atoms with Crippen molar-refractivity contribution in [2.45, 2.75) is 43.8 Å². The first-order valence-corrected chi connectivity index (χ1v) is 15.6. The molecule has 2 aromatic carbocycles. The van der Waals surface area contributed by atoms with E-state index in [1.54, 1.807) is 0 Å². The lowest BCUT2D eigenvalue weighted by Gasteiger charge is -2.31. The van der Waals surface area contributed by atoms with E-state index >= 15 is 4.39 Å². The van der Waals surface area contributed by atoms with Crippen LogP contribution < -0.4 is 20.1 Å². The fraction of sp³-hybridized carbons (Fsp3) is 0.433. The SMILES string of the molecule is N#Cc1c(N)sc2c(F)ccc(-c3c(Cl)c4c5c(nc(OC[C@@]67CCCN6C[C@H](F)C7)nc5c3F)N(CC(F)F)CCCO4)c12. The molecule has 0 saturated carbocycles. The van der Waals surface area contributed by atoms with E-state index in [1.165, 1.54) is 11.0 Å². The lowest BCUT2D eigenvalue weighted by molar-refractivity contribution is 0.107. The number of aromatic nitrogens is 2. The number of nitrogens with two attached hydrogens (primary N) is 1. The van der Waals surface area contributed by atoms with E-state index in [2.05, 4.69) is 9.97 Å². The largest absolute Gasteiger partial charge is 0.491 e. The number of hydrogen-bond donors (Lipinski definition) is 1. The van der Waals surface area contributed by atoms with Crippen molar-refractivity contribution in [1.82, 2.24) is 14.9 Å². The Bertz CT molecular complexity index is 1890. The Morgan fingerprint density at radius 1 is 1.22 bits per heavy atom. The highest BCUT2D eigenvalue weighted by molar-refractivity contribution is 7.23. The van der Waals surface area contributed by atoms with Crippen molar-refractivity contribution < 1.29 is 31.4 Å². The van der Waals surface area contributed by atoms with Gasteiger partial charge in [0.05, 0.1) is 39.4 Å². The monoisotopic (exact) mass is 664 g/mol. The lowest BCUT2D eigenvalue weighted by Crippen LogP contribution is -2.43. The summed E-state index contributed by atoms with van der Waals surface area (Å²) in [6.07, 6.45) is -1.61. The van der Waals surface area contributed by atoms with Crippen LogP contribution in [0, 0.1) is 23.0 Å². The van der Waals surface area contributed by atoms with Crippen LogP contribution in [0.5, 0.6) is 11.8 Å². The van der Waals surface area contributed by atoms with E-state index in [9.17, 15) is 22.8 Å². The molecule has 236 valence electrons. The Kier molecular flexibility index (Phi) is 7.53. The number of hydrogen-bond acceptors (Lipinski definition) is 9. The van der Waals surface area contributed by atoms with Gasteiger partial charge in [0.15, 0.2) is 11.6 Å². The van der Waals surface area contributed by atoms with Gasteiger partial charge in [0.1, 0.15) is 41.0 Å². The summed E-state index contributed by atoms with van der Waals surface area (Å²) < 4.78 is 85.8. The second kappa shape index (κ2) is 11.3. The molecule has 0 unspecified atom stereocenters. The molecule has 0 radical (unpaired) electrons. The number of benzene rings is 2. The van der Waals surface area contributed by atoms with Crippen molar-refractivity contribution in [2.75, 3.05) is 50.0 Å². The summed E-state index contributed by atoms with van der Waals surface area (Å²) >= 11 is 7.70. The fourth-order valence-electron chi connectivity index (χ4n) is 6.94. The van der Waals surface area contributed by atoms with Crippen molar-refractivity contribution in [3.05, 3.63) is 34.4 Å². The maximum absolute atomic E-state index is 16.9. The zero-order chi connectivity index (χ0) is 31.6. The minimum Gasteiger partial charge on any atom is -0.491 e. The molecule has 7 rings (SSSR count). The number of nitrogen functional groups attached to an aromatic ring is 1. The van der Waals surface area contributed by atoms with Crippen molar-refractivity contribution in [2.24, 2.45) is 0 Å². The summed E-state index contributed by atoms with van der Waals surface area (Å²) in [7, 11) is 0. The van der Waals surface area contributed by atoms with Gasteiger partial charge < -0.3 is 20.1 Å². The highest BCUT2D eigenvalue weighted by Gasteiger charge is 2.49. The van der Waals surface area contributed by atoms with Crippen molar-refractivity contribution in [1.29, 1.82) is 5.26 Å². The molecule has 8 nitrogen and oxygen atoms in total. The standard InChI is InChI=1S/C30H26ClF5N6O2S/c31-22-20(15-3-4-17(33)26-19(15)16(10-37)27(38)45-26)23(36)24-21-25(22)43-8-2-6-41(12-18(34)35)28(21)40-29(39-24)44-13-30-5-1-7-42(30)11-14(32)9-30/h3-4,14,18H,1-2,5-9,11-13,38H2/t14-,30+/m1/s1. The van der Waals surface area contributed by atoms with Crippen LogP contribution in [0.15, 0.2) is 12.1 Å². The van der Waals surface area contributed by atoms with Gasteiger partial charge in [-0.2, -0.15) is 15.2 Å². The summed E-state index contributed by atoms with van der Waals surface area (Å²) in [5.41, 5.74) is 4.94. The van der Waals surface area contributed by atoms with Crippen molar-refractivity contribution in [3.8, 4) is 29.0 Å². The predicted octanol–water partition coefficient (Wildman–Crippen LogP) is 6.71. The van der Waals surface area contributed by atoms with E-state index in [1.807, 2.05) is 11.0 Å². The van der Waals surface area contributed by atoms with Gasteiger partial charge in [-0.1, -0.05) is 17.7 Å². The fourth-order valence-corrected chi connectivity index (χ4v) is 8.22. The van der Waals surface area contributed by atoms with Crippen molar-refractivity contribution in [3.63, 3.8) is 0 Å². The van der Waals surface area contributed by atoms with Gasteiger partial charge in [0.2, 0.25) is 0 Å². The summed E-state index contributed by atoms with van der Waals surface area (Å²) in [5, 5.41) is 9.71. The molecule has 0 aliphatic carbocycles. The molecule has 4 aromatic rings. The second-order valence-corrected chi connectivity index (χ2v) is 13.0. The first kappa shape index (κ1) is 30.0. The molecule has 0 bridgehead atoms. The minimum atomic E-state index is -2.74. The first-order valence-electron chi connectivity index (χ1n) is 14.4. The normalized spacial score (nSPS) is 21.6. The number of thiophene rings is 1. The molecule has 0 amide bonds. The molecule has 5 heterocycles. The maximum Gasteiger partial charge on any atom is 0.319 e. The third-order valence-electron chi connectivity index (χ3n) is 8.85. The predicted molar refractivity (Wildman–Crippen MR) is 161 cm³/mol.